The van der Waals surface area contributed by atoms with Crippen molar-refractivity contribution in [1.29, 1.82) is 0 Å². The lowest BCUT2D eigenvalue weighted by atomic mass is 9.96. The number of aryl methyl sites for hydroxylation is 4. The Morgan fingerprint density at radius 2 is 1.33 bits per heavy atom. The summed E-state index contributed by atoms with van der Waals surface area (Å²) in [6, 6.07) is 10.4. The molecule has 0 fully saturated rings. The number of rotatable bonds is 2. The molecule has 0 atom stereocenters. The van der Waals surface area contributed by atoms with E-state index in [1.54, 1.807) is 0 Å². The zero-order valence-corrected chi connectivity index (χ0v) is 11.2. The smallest absolute Gasteiger partial charge is 0.175 e. The van der Waals surface area contributed by atoms with Crippen LogP contribution in [0.4, 0.5) is 0 Å². The van der Waals surface area contributed by atoms with Gasteiger partial charge in [0.2, 0.25) is 0 Å². The predicted octanol–water partition coefficient (Wildman–Crippen LogP) is 4.44. The molecule has 2 aromatic rings. The highest BCUT2D eigenvalue weighted by Crippen LogP contribution is 2.34. The Balaban J connectivity index is 2.69. The molecule has 0 aliphatic rings. The summed E-state index contributed by atoms with van der Waals surface area (Å²) in [4.78, 5) is 4.57. The molecule has 0 aliphatic carbocycles. The van der Waals surface area contributed by atoms with Crippen LogP contribution in [0.1, 0.15) is 22.3 Å². The van der Waals surface area contributed by atoms with Crippen molar-refractivity contribution in [3.8, 4) is 16.9 Å². The van der Waals surface area contributed by atoms with Crippen molar-refractivity contribution in [1.82, 2.24) is 0 Å². The molecule has 18 heavy (non-hydrogen) atoms. The fourth-order valence-corrected chi connectivity index (χ4v) is 2.42. The molecular formula is C16H18O2. The number of hydrogen-bond acceptors (Lipinski definition) is 2. The zero-order valence-electron chi connectivity index (χ0n) is 11.2. The largest absolute Gasteiger partial charge is 0.339 e. The SMILES string of the molecule is Cc1cc(C)cc(-c2cc(C)cc(C)c2OO)c1. The topological polar surface area (TPSA) is 29.5 Å². The van der Waals surface area contributed by atoms with Crippen LogP contribution in [0.5, 0.6) is 5.75 Å². The van der Waals surface area contributed by atoms with Crippen molar-refractivity contribution in [2.45, 2.75) is 27.7 Å². The monoisotopic (exact) mass is 242 g/mol. The molecule has 2 nitrogen and oxygen atoms in total. The van der Waals surface area contributed by atoms with Crippen LogP contribution in [0.25, 0.3) is 11.1 Å². The van der Waals surface area contributed by atoms with Gasteiger partial charge in [-0.25, -0.2) is 5.26 Å². The third-order valence-electron chi connectivity index (χ3n) is 3.04. The van der Waals surface area contributed by atoms with Gasteiger partial charge in [0.1, 0.15) is 0 Å². The molecular weight excluding hydrogens is 224 g/mol. The Kier molecular flexibility index (Phi) is 3.39. The van der Waals surface area contributed by atoms with Gasteiger partial charge in [-0.05, 0) is 50.5 Å². The van der Waals surface area contributed by atoms with Crippen molar-refractivity contribution in [3.05, 3.63) is 52.6 Å². The Morgan fingerprint density at radius 1 is 0.778 bits per heavy atom. The molecule has 2 heteroatoms. The van der Waals surface area contributed by atoms with Gasteiger partial charge in [-0.1, -0.05) is 35.4 Å². The van der Waals surface area contributed by atoms with E-state index in [-0.39, 0.29) is 0 Å². The molecule has 94 valence electrons. The average Bonchev–Trinajstić information content (AvgIpc) is 2.26. The van der Waals surface area contributed by atoms with Crippen molar-refractivity contribution >= 4 is 0 Å². The van der Waals surface area contributed by atoms with Crippen molar-refractivity contribution in [2.75, 3.05) is 0 Å². The maximum atomic E-state index is 9.09. The van der Waals surface area contributed by atoms with Gasteiger partial charge in [0.05, 0.1) is 0 Å². The standard InChI is InChI=1S/C16H18O2/c1-10-5-11(2)8-14(7-10)15-9-12(3)6-13(4)16(15)18-17/h5-9,17H,1-4H3. The molecule has 1 N–H and O–H groups in total. The fraction of sp³-hybridized carbons (Fsp3) is 0.250. The lowest BCUT2D eigenvalue weighted by Crippen LogP contribution is -1.94. The number of benzene rings is 2. The fourth-order valence-electron chi connectivity index (χ4n) is 2.42. The molecule has 0 saturated heterocycles. The first-order valence-corrected chi connectivity index (χ1v) is 6.02. The zero-order chi connectivity index (χ0) is 13.3. The van der Waals surface area contributed by atoms with Gasteiger partial charge >= 0.3 is 0 Å². The first-order chi connectivity index (χ1) is 8.51. The Morgan fingerprint density at radius 3 is 1.89 bits per heavy atom. The summed E-state index contributed by atoms with van der Waals surface area (Å²) in [5, 5.41) is 9.09. The van der Waals surface area contributed by atoms with E-state index in [9.17, 15) is 0 Å². The molecule has 0 heterocycles. The van der Waals surface area contributed by atoms with Crippen molar-refractivity contribution in [2.24, 2.45) is 0 Å². The predicted molar refractivity (Wildman–Crippen MR) is 74.1 cm³/mol. The summed E-state index contributed by atoms with van der Waals surface area (Å²) < 4.78 is 0. The summed E-state index contributed by atoms with van der Waals surface area (Å²) in [6.07, 6.45) is 0. The minimum atomic E-state index is 0.533. The van der Waals surface area contributed by atoms with Crippen LogP contribution in [0.15, 0.2) is 30.3 Å². The maximum Gasteiger partial charge on any atom is 0.175 e. The van der Waals surface area contributed by atoms with E-state index in [4.69, 9.17) is 5.26 Å². The van der Waals surface area contributed by atoms with Crippen molar-refractivity contribution in [3.63, 3.8) is 0 Å². The highest BCUT2D eigenvalue weighted by molar-refractivity contribution is 5.74. The van der Waals surface area contributed by atoms with E-state index < -0.39 is 0 Å². The second-order valence-corrected chi connectivity index (χ2v) is 4.93. The van der Waals surface area contributed by atoms with Crippen LogP contribution in [0, 0.1) is 27.7 Å². The molecule has 0 saturated carbocycles. The minimum Gasteiger partial charge on any atom is -0.339 e. The van der Waals surface area contributed by atoms with Gasteiger partial charge in [0, 0.05) is 5.56 Å². The van der Waals surface area contributed by atoms with Crippen LogP contribution in [0.2, 0.25) is 0 Å². The van der Waals surface area contributed by atoms with Crippen LogP contribution in [-0.2, 0) is 0 Å². The minimum absolute atomic E-state index is 0.533. The average molecular weight is 242 g/mol. The molecule has 0 amide bonds. The molecule has 2 rings (SSSR count). The lowest BCUT2D eigenvalue weighted by Gasteiger charge is -2.12. The Hall–Kier alpha value is -1.80. The molecule has 0 spiro atoms. The van der Waals surface area contributed by atoms with Gasteiger partial charge in [0.25, 0.3) is 0 Å². The van der Waals surface area contributed by atoms with Crippen LogP contribution < -0.4 is 4.89 Å². The first-order valence-electron chi connectivity index (χ1n) is 6.02. The van der Waals surface area contributed by atoms with Crippen LogP contribution in [0.3, 0.4) is 0 Å². The maximum absolute atomic E-state index is 9.09. The summed E-state index contributed by atoms with van der Waals surface area (Å²) >= 11 is 0. The molecule has 0 aromatic heterocycles. The van der Waals surface area contributed by atoms with Gasteiger partial charge in [-0.2, -0.15) is 0 Å². The molecule has 0 aliphatic heterocycles. The number of hydrogen-bond donors (Lipinski definition) is 1. The van der Waals surface area contributed by atoms with E-state index in [2.05, 4.69) is 36.9 Å². The summed E-state index contributed by atoms with van der Waals surface area (Å²) in [5.41, 5.74) is 6.50. The first kappa shape index (κ1) is 12.7. The highest BCUT2D eigenvalue weighted by Gasteiger charge is 2.11. The second-order valence-electron chi connectivity index (χ2n) is 4.93. The summed E-state index contributed by atoms with van der Waals surface area (Å²) in [5.74, 6) is 0.533. The van der Waals surface area contributed by atoms with Gasteiger partial charge in [0.15, 0.2) is 5.75 Å². The lowest BCUT2D eigenvalue weighted by molar-refractivity contribution is -0.137. The third-order valence-corrected chi connectivity index (χ3v) is 3.04. The second kappa shape index (κ2) is 4.83. The summed E-state index contributed by atoms with van der Waals surface area (Å²) in [6.45, 7) is 8.11. The molecule has 2 aromatic carbocycles. The quantitative estimate of drug-likeness (QED) is 0.623. The summed E-state index contributed by atoms with van der Waals surface area (Å²) in [7, 11) is 0. The van der Waals surface area contributed by atoms with E-state index in [0.717, 1.165) is 22.3 Å². The van der Waals surface area contributed by atoms with Crippen LogP contribution in [-0.4, -0.2) is 5.26 Å². The van der Waals surface area contributed by atoms with E-state index in [0.29, 0.717) is 5.75 Å². The van der Waals surface area contributed by atoms with Gasteiger partial charge < -0.3 is 4.89 Å². The highest BCUT2D eigenvalue weighted by atomic mass is 17.1. The molecule has 0 unspecified atom stereocenters. The Labute approximate surface area is 108 Å². The molecule has 0 radical (unpaired) electrons. The van der Waals surface area contributed by atoms with E-state index in [1.165, 1.54) is 11.1 Å². The third kappa shape index (κ3) is 2.39. The van der Waals surface area contributed by atoms with Gasteiger partial charge in [-0.3, -0.25) is 0 Å². The van der Waals surface area contributed by atoms with Gasteiger partial charge in [-0.15, -0.1) is 0 Å². The molecule has 0 bridgehead atoms. The van der Waals surface area contributed by atoms with E-state index >= 15 is 0 Å². The van der Waals surface area contributed by atoms with Crippen LogP contribution >= 0.6 is 0 Å². The van der Waals surface area contributed by atoms with Crippen molar-refractivity contribution < 1.29 is 10.1 Å². The normalized spacial score (nSPS) is 10.5. The van der Waals surface area contributed by atoms with E-state index in [1.807, 2.05) is 26.0 Å². The Bertz CT molecular complexity index is 566.